The number of hydrogen-bond donors (Lipinski definition) is 1. The molecule has 6 nitrogen and oxygen atoms in total. The molecule has 0 saturated heterocycles. The molecule has 0 atom stereocenters. The molecule has 0 saturated carbocycles. The van der Waals surface area contributed by atoms with E-state index in [4.69, 9.17) is 4.98 Å². The number of ketones is 1. The van der Waals surface area contributed by atoms with E-state index in [1.807, 2.05) is 43.3 Å². The molecule has 0 radical (unpaired) electrons. The van der Waals surface area contributed by atoms with Crippen LogP contribution >= 0.6 is 0 Å². The van der Waals surface area contributed by atoms with E-state index in [1.165, 1.54) is 5.56 Å². The first kappa shape index (κ1) is 20.0. The molecule has 0 aliphatic rings. The van der Waals surface area contributed by atoms with E-state index in [2.05, 4.69) is 39.0 Å². The van der Waals surface area contributed by atoms with Crippen LogP contribution in [0.25, 0.3) is 16.7 Å². The third kappa shape index (κ3) is 4.48. The zero-order valence-electron chi connectivity index (χ0n) is 17.6. The summed E-state index contributed by atoms with van der Waals surface area (Å²) < 4.78 is 2.06. The average Bonchev–Trinajstić information content (AvgIpc) is 3.13. The van der Waals surface area contributed by atoms with Crippen LogP contribution in [0, 0.1) is 13.8 Å². The second-order valence-electron chi connectivity index (χ2n) is 7.80. The van der Waals surface area contributed by atoms with Crippen LogP contribution < -0.4 is 5.32 Å². The molecule has 0 unspecified atom stereocenters. The number of hydrogen-bond acceptors (Lipinski definition) is 5. The average molecular weight is 402 g/mol. The second kappa shape index (κ2) is 9.03. The van der Waals surface area contributed by atoms with E-state index < -0.39 is 0 Å². The van der Waals surface area contributed by atoms with Crippen molar-refractivity contribution in [2.45, 2.75) is 46.0 Å². The molecule has 0 spiro atoms. The fourth-order valence-corrected chi connectivity index (χ4v) is 3.74. The molecule has 0 aliphatic heterocycles. The number of Topliss-reactive ketones (excluding diaryl/α,β-unsaturated/α-hetero) is 1. The van der Waals surface area contributed by atoms with Crippen LogP contribution in [0.1, 0.15) is 42.6 Å². The number of nitrogens with one attached hydrogen (secondary N) is 1. The molecule has 2 aromatic carbocycles. The summed E-state index contributed by atoms with van der Waals surface area (Å²) in [4.78, 5) is 16.9. The maximum atomic E-state index is 12.1. The van der Waals surface area contributed by atoms with Crippen molar-refractivity contribution in [2.24, 2.45) is 0 Å². The summed E-state index contributed by atoms with van der Waals surface area (Å²) in [7, 11) is 0. The first-order valence-electron chi connectivity index (χ1n) is 10.5. The minimum atomic E-state index is 0.307. The van der Waals surface area contributed by atoms with Gasteiger partial charge in [-0.25, -0.2) is 4.98 Å². The van der Waals surface area contributed by atoms with E-state index in [0.717, 1.165) is 59.7 Å². The van der Waals surface area contributed by atoms with Gasteiger partial charge >= 0.3 is 0 Å². The molecule has 0 bridgehead atoms. The van der Waals surface area contributed by atoms with Crippen molar-refractivity contribution in [3.05, 3.63) is 65.5 Å². The number of fused-ring (bicyclic) bond motifs is 3. The topological polar surface area (TPSA) is 72.2 Å². The molecular weight excluding hydrogens is 374 g/mol. The zero-order chi connectivity index (χ0) is 20.9. The van der Waals surface area contributed by atoms with Crippen molar-refractivity contribution in [1.29, 1.82) is 0 Å². The summed E-state index contributed by atoms with van der Waals surface area (Å²) in [5, 5.41) is 12.0. The third-order valence-electron chi connectivity index (χ3n) is 5.31. The molecule has 2 heterocycles. The highest BCUT2D eigenvalue weighted by molar-refractivity contribution is 5.83. The Morgan fingerprint density at radius 1 is 1.00 bits per heavy atom. The Kier molecular flexibility index (Phi) is 6.02. The smallest absolute Gasteiger partial charge is 0.204 e. The highest BCUT2D eigenvalue weighted by Gasteiger charge is 2.13. The van der Waals surface area contributed by atoms with Crippen molar-refractivity contribution in [1.82, 2.24) is 19.6 Å². The van der Waals surface area contributed by atoms with Gasteiger partial charge in [0.05, 0.1) is 11.0 Å². The number of nitrogens with zero attached hydrogens (tertiary/aromatic N) is 4. The van der Waals surface area contributed by atoms with Crippen molar-refractivity contribution in [3.63, 3.8) is 0 Å². The lowest BCUT2D eigenvalue weighted by Gasteiger charge is -2.10. The SMILES string of the molecule is Cc1ccc2nc(NCCCCCC(=O)Cc3ccccc3)c3nnc(C)n3c2c1. The van der Waals surface area contributed by atoms with E-state index in [-0.39, 0.29) is 0 Å². The fraction of sp³-hybridized carbons (Fsp3) is 0.333. The van der Waals surface area contributed by atoms with Gasteiger partial charge in [-0.1, -0.05) is 42.8 Å². The summed E-state index contributed by atoms with van der Waals surface area (Å²) in [6, 6.07) is 16.2. The zero-order valence-corrected chi connectivity index (χ0v) is 17.6. The van der Waals surface area contributed by atoms with E-state index in [9.17, 15) is 4.79 Å². The molecule has 0 aliphatic carbocycles. The lowest BCUT2D eigenvalue weighted by molar-refractivity contribution is -0.118. The molecular formula is C24H27N5O. The molecule has 154 valence electrons. The molecule has 1 N–H and O–H groups in total. The quantitative estimate of drug-likeness (QED) is 0.412. The van der Waals surface area contributed by atoms with E-state index in [1.54, 1.807) is 0 Å². The molecule has 2 aromatic heterocycles. The Hall–Kier alpha value is -3.28. The Balaban J connectivity index is 1.31. The summed E-state index contributed by atoms with van der Waals surface area (Å²) in [6.45, 7) is 4.82. The van der Waals surface area contributed by atoms with Gasteiger partial charge in [-0.3, -0.25) is 9.20 Å². The van der Waals surface area contributed by atoms with Crippen molar-refractivity contribution < 1.29 is 4.79 Å². The van der Waals surface area contributed by atoms with Crippen LogP contribution in [0.4, 0.5) is 5.82 Å². The van der Waals surface area contributed by atoms with Crippen LogP contribution in [-0.4, -0.2) is 31.9 Å². The highest BCUT2D eigenvalue weighted by Crippen LogP contribution is 2.22. The second-order valence-corrected chi connectivity index (χ2v) is 7.80. The number of unbranched alkanes of at least 4 members (excludes halogenated alkanes) is 2. The molecule has 0 fully saturated rings. The van der Waals surface area contributed by atoms with Crippen LogP contribution in [0.3, 0.4) is 0 Å². The number of aryl methyl sites for hydroxylation is 2. The highest BCUT2D eigenvalue weighted by atomic mass is 16.1. The normalized spacial score (nSPS) is 11.3. The number of carbonyl (C=O) groups is 1. The standard InChI is InChI=1S/C24H27N5O/c1-17-12-13-21-22(15-17)29-18(2)27-28-24(29)23(26-21)25-14-8-4-7-11-20(30)16-19-9-5-3-6-10-19/h3,5-6,9-10,12-13,15H,4,7-8,11,14,16H2,1-2H3,(H,25,26). The van der Waals surface area contributed by atoms with E-state index in [0.29, 0.717) is 18.6 Å². The third-order valence-corrected chi connectivity index (χ3v) is 5.31. The number of rotatable bonds is 9. The van der Waals surface area contributed by atoms with Crippen LogP contribution in [0.5, 0.6) is 0 Å². The minimum absolute atomic E-state index is 0.307. The minimum Gasteiger partial charge on any atom is -0.367 e. The molecule has 0 amide bonds. The summed E-state index contributed by atoms with van der Waals surface area (Å²) in [5.74, 6) is 1.91. The van der Waals surface area contributed by atoms with Gasteiger partial charge in [0.1, 0.15) is 11.6 Å². The fourth-order valence-electron chi connectivity index (χ4n) is 3.74. The van der Waals surface area contributed by atoms with Crippen molar-refractivity contribution in [2.75, 3.05) is 11.9 Å². The monoisotopic (exact) mass is 401 g/mol. The number of aromatic nitrogens is 4. The van der Waals surface area contributed by atoms with Gasteiger partial charge in [0.15, 0.2) is 5.82 Å². The number of anilines is 1. The first-order chi connectivity index (χ1) is 14.6. The Labute approximate surface area is 176 Å². The Morgan fingerprint density at radius 3 is 2.67 bits per heavy atom. The predicted octanol–water partition coefficient (Wildman–Crippen LogP) is 4.68. The van der Waals surface area contributed by atoms with Gasteiger partial charge in [0.25, 0.3) is 0 Å². The molecule has 6 heteroatoms. The maximum Gasteiger partial charge on any atom is 0.204 e. The van der Waals surface area contributed by atoms with Crippen LogP contribution in [0.2, 0.25) is 0 Å². The molecule has 4 aromatic rings. The number of carbonyl (C=O) groups excluding carboxylic acids is 1. The van der Waals surface area contributed by atoms with E-state index >= 15 is 0 Å². The van der Waals surface area contributed by atoms with Gasteiger partial charge in [-0.15, -0.1) is 10.2 Å². The molecule has 30 heavy (non-hydrogen) atoms. The van der Waals surface area contributed by atoms with Crippen molar-refractivity contribution >= 4 is 28.3 Å². The van der Waals surface area contributed by atoms with Crippen LogP contribution in [-0.2, 0) is 11.2 Å². The van der Waals surface area contributed by atoms with Gasteiger partial charge < -0.3 is 5.32 Å². The predicted molar refractivity (Wildman–Crippen MR) is 120 cm³/mol. The largest absolute Gasteiger partial charge is 0.367 e. The summed E-state index contributed by atoms with van der Waals surface area (Å²) in [6.07, 6.45) is 4.06. The van der Waals surface area contributed by atoms with Gasteiger partial charge in [0, 0.05) is 19.4 Å². The van der Waals surface area contributed by atoms with Gasteiger partial charge in [-0.2, -0.15) is 0 Å². The lowest BCUT2D eigenvalue weighted by atomic mass is 10.0. The Morgan fingerprint density at radius 2 is 1.83 bits per heavy atom. The summed E-state index contributed by atoms with van der Waals surface area (Å²) >= 11 is 0. The summed E-state index contributed by atoms with van der Waals surface area (Å²) in [5.41, 5.74) is 4.97. The first-order valence-corrected chi connectivity index (χ1v) is 10.5. The van der Waals surface area contributed by atoms with Gasteiger partial charge in [-0.05, 0) is 49.9 Å². The Bertz CT molecular complexity index is 1170. The lowest BCUT2D eigenvalue weighted by Crippen LogP contribution is -2.07. The maximum absolute atomic E-state index is 12.1. The molecule has 4 rings (SSSR count). The van der Waals surface area contributed by atoms with Crippen LogP contribution in [0.15, 0.2) is 48.5 Å². The van der Waals surface area contributed by atoms with Gasteiger partial charge in [0.2, 0.25) is 5.65 Å². The van der Waals surface area contributed by atoms with Crippen molar-refractivity contribution in [3.8, 4) is 0 Å². The number of benzene rings is 2.